The lowest BCUT2D eigenvalue weighted by atomic mass is 10.1. The molecule has 1 amide bonds. The van der Waals surface area contributed by atoms with Gasteiger partial charge in [-0.15, -0.1) is 0 Å². The number of hydrogen-bond donors (Lipinski definition) is 1. The number of primary sulfonamides is 1. The predicted molar refractivity (Wildman–Crippen MR) is 78.0 cm³/mol. The minimum absolute atomic E-state index is 0.126. The van der Waals surface area contributed by atoms with E-state index in [-0.39, 0.29) is 36.4 Å². The zero-order chi connectivity index (χ0) is 15.2. The molecule has 3 rings (SSSR count). The van der Waals surface area contributed by atoms with Gasteiger partial charge < -0.3 is 0 Å². The number of rotatable bonds is 3. The SMILES string of the molecule is NS(=O)(=O)CC1CC(=O)N(c2nc3cc(F)ccc3s2)C1. The van der Waals surface area contributed by atoms with Gasteiger partial charge in [0, 0.05) is 24.9 Å². The van der Waals surface area contributed by atoms with Crippen molar-refractivity contribution in [1.29, 1.82) is 0 Å². The summed E-state index contributed by atoms with van der Waals surface area (Å²) in [6.07, 6.45) is 0.126. The molecule has 0 bridgehead atoms. The number of nitrogens with two attached hydrogens (primary N) is 1. The molecule has 2 heterocycles. The maximum absolute atomic E-state index is 13.2. The first-order valence-electron chi connectivity index (χ1n) is 6.19. The Morgan fingerprint density at radius 2 is 2.24 bits per heavy atom. The first kappa shape index (κ1) is 14.4. The van der Waals surface area contributed by atoms with Crippen molar-refractivity contribution in [3.63, 3.8) is 0 Å². The van der Waals surface area contributed by atoms with E-state index in [0.29, 0.717) is 10.6 Å². The molecular formula is C12H12FN3O3S2. The van der Waals surface area contributed by atoms with Crippen LogP contribution < -0.4 is 10.0 Å². The fourth-order valence-corrected chi connectivity index (χ4v) is 4.26. The third kappa shape index (κ3) is 3.04. The lowest BCUT2D eigenvalue weighted by Crippen LogP contribution is -2.27. The Balaban J connectivity index is 1.87. The Labute approximate surface area is 124 Å². The standard InChI is InChI=1S/C12H12FN3O3S2/c13-8-1-2-10-9(4-8)15-12(20-10)16-5-7(3-11(16)17)6-21(14,18)19/h1-2,4,7H,3,5-6H2,(H2,14,18,19). The van der Waals surface area contributed by atoms with E-state index in [2.05, 4.69) is 4.98 Å². The van der Waals surface area contributed by atoms with Crippen LogP contribution >= 0.6 is 11.3 Å². The maximum Gasteiger partial charge on any atom is 0.229 e. The minimum Gasteiger partial charge on any atom is -0.288 e. The molecule has 1 fully saturated rings. The van der Waals surface area contributed by atoms with Gasteiger partial charge in [-0.2, -0.15) is 0 Å². The van der Waals surface area contributed by atoms with E-state index < -0.39 is 10.0 Å². The number of sulfonamides is 1. The largest absolute Gasteiger partial charge is 0.288 e. The van der Waals surface area contributed by atoms with Crippen LogP contribution in [0.4, 0.5) is 9.52 Å². The monoisotopic (exact) mass is 329 g/mol. The molecule has 1 aromatic carbocycles. The van der Waals surface area contributed by atoms with Crippen molar-refractivity contribution in [3.05, 3.63) is 24.0 Å². The second kappa shape index (κ2) is 5.00. The van der Waals surface area contributed by atoms with Gasteiger partial charge >= 0.3 is 0 Å². The van der Waals surface area contributed by atoms with Gasteiger partial charge in [0.15, 0.2) is 5.13 Å². The van der Waals surface area contributed by atoms with Crippen molar-refractivity contribution in [3.8, 4) is 0 Å². The van der Waals surface area contributed by atoms with E-state index in [0.717, 1.165) is 4.70 Å². The van der Waals surface area contributed by atoms with Gasteiger partial charge in [-0.3, -0.25) is 9.69 Å². The molecule has 1 saturated heterocycles. The molecular weight excluding hydrogens is 317 g/mol. The van der Waals surface area contributed by atoms with Crippen LogP contribution in [-0.4, -0.2) is 31.6 Å². The average Bonchev–Trinajstić information content (AvgIpc) is 2.89. The molecule has 1 unspecified atom stereocenters. The van der Waals surface area contributed by atoms with Gasteiger partial charge in [0.05, 0.1) is 16.0 Å². The van der Waals surface area contributed by atoms with Crippen molar-refractivity contribution in [2.75, 3.05) is 17.2 Å². The second-order valence-corrected chi connectivity index (χ2v) is 7.68. The Morgan fingerprint density at radius 3 is 2.95 bits per heavy atom. The van der Waals surface area contributed by atoms with Crippen LogP contribution in [0.2, 0.25) is 0 Å². The number of nitrogens with zero attached hydrogens (tertiary/aromatic N) is 2. The Kier molecular flexibility index (Phi) is 3.42. The van der Waals surface area contributed by atoms with Crippen LogP contribution in [0.25, 0.3) is 10.2 Å². The summed E-state index contributed by atoms with van der Waals surface area (Å²) in [6, 6.07) is 4.24. The zero-order valence-corrected chi connectivity index (χ0v) is 12.5. The maximum atomic E-state index is 13.2. The van der Waals surface area contributed by atoms with Crippen molar-refractivity contribution < 1.29 is 17.6 Å². The minimum atomic E-state index is -3.61. The molecule has 2 aromatic rings. The van der Waals surface area contributed by atoms with Gasteiger partial charge in [-0.1, -0.05) is 11.3 Å². The lowest BCUT2D eigenvalue weighted by Gasteiger charge is -2.12. The summed E-state index contributed by atoms with van der Waals surface area (Å²) in [6.45, 7) is 0.261. The topological polar surface area (TPSA) is 93.4 Å². The van der Waals surface area contributed by atoms with Crippen molar-refractivity contribution in [2.45, 2.75) is 6.42 Å². The van der Waals surface area contributed by atoms with Crippen LogP contribution in [0.1, 0.15) is 6.42 Å². The number of thiazole rings is 1. The van der Waals surface area contributed by atoms with Gasteiger partial charge in [-0.05, 0) is 12.1 Å². The number of halogens is 1. The molecule has 0 radical (unpaired) electrons. The molecule has 112 valence electrons. The summed E-state index contributed by atoms with van der Waals surface area (Å²) in [7, 11) is -3.61. The number of carbonyl (C=O) groups is 1. The summed E-state index contributed by atoms with van der Waals surface area (Å²) < 4.78 is 36.1. The number of fused-ring (bicyclic) bond motifs is 1. The summed E-state index contributed by atoms with van der Waals surface area (Å²) in [5.41, 5.74) is 0.484. The molecule has 21 heavy (non-hydrogen) atoms. The molecule has 1 aliphatic heterocycles. The highest BCUT2D eigenvalue weighted by Gasteiger charge is 2.34. The average molecular weight is 329 g/mol. The second-order valence-electron chi connectivity index (χ2n) is 5.01. The number of carbonyl (C=O) groups excluding carboxylic acids is 1. The number of anilines is 1. The van der Waals surface area contributed by atoms with Crippen molar-refractivity contribution >= 4 is 42.6 Å². The number of benzene rings is 1. The molecule has 1 aromatic heterocycles. The highest BCUT2D eigenvalue weighted by molar-refractivity contribution is 7.89. The molecule has 0 spiro atoms. The van der Waals surface area contributed by atoms with Crippen LogP contribution in [0.15, 0.2) is 18.2 Å². The van der Waals surface area contributed by atoms with Crippen LogP contribution in [0.5, 0.6) is 0 Å². The van der Waals surface area contributed by atoms with E-state index in [1.165, 1.54) is 28.4 Å². The third-order valence-corrected chi connectivity index (χ3v) is 5.24. The van der Waals surface area contributed by atoms with Gasteiger partial charge in [-0.25, -0.2) is 22.9 Å². The van der Waals surface area contributed by atoms with Crippen molar-refractivity contribution in [2.24, 2.45) is 11.1 Å². The first-order valence-corrected chi connectivity index (χ1v) is 8.72. The van der Waals surface area contributed by atoms with E-state index >= 15 is 0 Å². The third-order valence-electron chi connectivity index (χ3n) is 3.24. The van der Waals surface area contributed by atoms with Crippen LogP contribution in [-0.2, 0) is 14.8 Å². The van der Waals surface area contributed by atoms with E-state index in [1.807, 2.05) is 0 Å². The highest BCUT2D eigenvalue weighted by atomic mass is 32.2. The van der Waals surface area contributed by atoms with Crippen molar-refractivity contribution in [1.82, 2.24) is 4.98 Å². The Morgan fingerprint density at radius 1 is 1.48 bits per heavy atom. The van der Waals surface area contributed by atoms with Crippen LogP contribution in [0, 0.1) is 11.7 Å². The molecule has 0 aliphatic carbocycles. The Bertz CT molecular complexity index is 818. The highest BCUT2D eigenvalue weighted by Crippen LogP contribution is 2.33. The zero-order valence-electron chi connectivity index (χ0n) is 10.8. The number of aromatic nitrogens is 1. The van der Waals surface area contributed by atoms with E-state index in [1.54, 1.807) is 6.07 Å². The smallest absolute Gasteiger partial charge is 0.229 e. The molecule has 9 heteroatoms. The van der Waals surface area contributed by atoms with Gasteiger partial charge in [0.25, 0.3) is 0 Å². The lowest BCUT2D eigenvalue weighted by molar-refractivity contribution is -0.117. The summed E-state index contributed by atoms with van der Waals surface area (Å²) in [4.78, 5) is 17.7. The van der Waals surface area contributed by atoms with E-state index in [4.69, 9.17) is 5.14 Å². The molecule has 2 N–H and O–H groups in total. The van der Waals surface area contributed by atoms with Gasteiger partial charge in [0.2, 0.25) is 15.9 Å². The summed E-state index contributed by atoms with van der Waals surface area (Å²) in [5.74, 6) is -1.15. The normalized spacial score (nSPS) is 19.6. The predicted octanol–water partition coefficient (Wildman–Crippen LogP) is 1.08. The Hall–Kier alpha value is -1.58. The van der Waals surface area contributed by atoms with Gasteiger partial charge in [0.1, 0.15) is 5.82 Å². The quantitative estimate of drug-likeness (QED) is 0.912. The van der Waals surface area contributed by atoms with E-state index in [9.17, 15) is 17.6 Å². The molecule has 6 nitrogen and oxygen atoms in total. The number of amides is 1. The fourth-order valence-electron chi connectivity index (χ4n) is 2.41. The first-order chi connectivity index (χ1) is 9.82. The molecule has 1 atom stereocenters. The summed E-state index contributed by atoms with van der Waals surface area (Å²) >= 11 is 1.27. The number of hydrogen-bond acceptors (Lipinski definition) is 5. The molecule has 1 aliphatic rings. The fraction of sp³-hybridized carbons (Fsp3) is 0.333. The van der Waals surface area contributed by atoms with Crippen LogP contribution in [0.3, 0.4) is 0 Å². The molecule has 0 saturated carbocycles. The summed E-state index contributed by atoms with van der Waals surface area (Å²) in [5, 5.41) is 5.47.